The highest BCUT2D eigenvalue weighted by Gasteiger charge is 2.31. The van der Waals surface area contributed by atoms with Crippen molar-refractivity contribution in [3.8, 4) is 0 Å². The molecule has 0 heterocycles. The van der Waals surface area contributed by atoms with Gasteiger partial charge in [0, 0.05) is 12.2 Å². The van der Waals surface area contributed by atoms with Crippen molar-refractivity contribution in [1.82, 2.24) is 0 Å². The van der Waals surface area contributed by atoms with E-state index in [-0.39, 0.29) is 29.5 Å². The molecule has 0 aliphatic carbocycles. The fourth-order valence-electron chi connectivity index (χ4n) is 1.57. The van der Waals surface area contributed by atoms with E-state index in [4.69, 9.17) is 9.47 Å². The van der Waals surface area contributed by atoms with E-state index in [0.29, 0.717) is 6.42 Å². The standard InChI is InChI=1S/C14H22O5/c1-6-7-14(17,18-12(4)8-10(2)15)19-13(5)9-11(3)16/h8-9,17H,6-7H2,1-5H3/b12-8+,13-9+. The SMILES string of the molecule is CCCC(O)(O/C(C)=C/C(C)=O)O/C(C)=C/C(C)=O. The van der Waals surface area contributed by atoms with E-state index in [1.54, 1.807) is 13.8 Å². The van der Waals surface area contributed by atoms with Gasteiger partial charge in [-0.2, -0.15) is 0 Å². The van der Waals surface area contributed by atoms with Crippen LogP contribution in [0, 0.1) is 0 Å². The van der Waals surface area contributed by atoms with Gasteiger partial charge in [-0.25, -0.2) is 0 Å². The number of ether oxygens (including phenoxy) is 2. The van der Waals surface area contributed by atoms with Crippen LogP contribution in [0.2, 0.25) is 0 Å². The summed E-state index contributed by atoms with van der Waals surface area (Å²) in [6, 6.07) is 0. The lowest BCUT2D eigenvalue weighted by molar-refractivity contribution is -0.331. The second-order valence-corrected chi connectivity index (χ2v) is 4.40. The highest BCUT2D eigenvalue weighted by Crippen LogP contribution is 2.23. The Morgan fingerprint density at radius 2 is 1.37 bits per heavy atom. The lowest BCUT2D eigenvalue weighted by Gasteiger charge is -2.29. The van der Waals surface area contributed by atoms with Crippen LogP contribution in [0.3, 0.4) is 0 Å². The van der Waals surface area contributed by atoms with Crippen molar-refractivity contribution >= 4 is 11.6 Å². The number of carbonyl (C=O) groups excluding carboxylic acids is 2. The summed E-state index contributed by atoms with van der Waals surface area (Å²) in [5, 5.41) is 10.2. The normalized spacial score (nSPS) is 13.2. The average Bonchev–Trinajstić information content (AvgIpc) is 2.12. The zero-order valence-electron chi connectivity index (χ0n) is 12.1. The maximum Gasteiger partial charge on any atom is 0.368 e. The number of aliphatic hydroxyl groups is 1. The van der Waals surface area contributed by atoms with E-state index < -0.39 is 5.97 Å². The summed E-state index contributed by atoms with van der Waals surface area (Å²) in [6.45, 7) is 7.72. The molecule has 0 bridgehead atoms. The van der Waals surface area contributed by atoms with Gasteiger partial charge in [-0.3, -0.25) is 9.59 Å². The first-order valence-electron chi connectivity index (χ1n) is 6.16. The highest BCUT2D eigenvalue weighted by atomic mass is 16.8. The molecular weight excluding hydrogens is 248 g/mol. The number of hydrogen-bond acceptors (Lipinski definition) is 5. The molecular formula is C14H22O5. The zero-order chi connectivity index (χ0) is 15.1. The van der Waals surface area contributed by atoms with Crippen LogP contribution in [0.4, 0.5) is 0 Å². The summed E-state index contributed by atoms with van der Waals surface area (Å²) in [4.78, 5) is 21.9. The van der Waals surface area contributed by atoms with Gasteiger partial charge in [0.05, 0.1) is 6.42 Å². The third kappa shape index (κ3) is 8.15. The van der Waals surface area contributed by atoms with E-state index in [2.05, 4.69) is 0 Å². The van der Waals surface area contributed by atoms with Gasteiger partial charge in [0.1, 0.15) is 11.5 Å². The molecule has 108 valence electrons. The molecule has 0 aliphatic rings. The number of allylic oxidation sites excluding steroid dienone is 4. The van der Waals surface area contributed by atoms with Crippen LogP contribution < -0.4 is 0 Å². The molecule has 0 saturated heterocycles. The minimum atomic E-state index is -1.87. The van der Waals surface area contributed by atoms with Gasteiger partial charge in [0.2, 0.25) is 0 Å². The number of ketones is 2. The lowest BCUT2D eigenvalue weighted by atomic mass is 10.3. The van der Waals surface area contributed by atoms with E-state index >= 15 is 0 Å². The van der Waals surface area contributed by atoms with Crippen LogP contribution in [0.1, 0.15) is 47.5 Å². The molecule has 0 radical (unpaired) electrons. The van der Waals surface area contributed by atoms with E-state index in [0.717, 1.165) is 0 Å². The summed E-state index contributed by atoms with van der Waals surface area (Å²) >= 11 is 0. The Bertz CT molecular complexity index is 361. The molecule has 0 rings (SSSR count). The van der Waals surface area contributed by atoms with Crippen LogP contribution in [0.25, 0.3) is 0 Å². The number of carbonyl (C=O) groups is 2. The highest BCUT2D eigenvalue weighted by molar-refractivity contribution is 5.87. The monoisotopic (exact) mass is 270 g/mol. The minimum absolute atomic E-state index is 0.188. The van der Waals surface area contributed by atoms with Crippen molar-refractivity contribution in [1.29, 1.82) is 0 Å². The Hall–Kier alpha value is -1.62. The van der Waals surface area contributed by atoms with Crippen molar-refractivity contribution in [2.75, 3.05) is 0 Å². The molecule has 5 heteroatoms. The predicted octanol–water partition coefficient (Wildman–Crippen LogP) is 2.45. The molecule has 0 spiro atoms. The third-order valence-corrected chi connectivity index (χ3v) is 2.02. The Kier molecular flexibility index (Phi) is 7.08. The van der Waals surface area contributed by atoms with Gasteiger partial charge in [0.15, 0.2) is 11.6 Å². The van der Waals surface area contributed by atoms with E-state index in [9.17, 15) is 14.7 Å². The van der Waals surface area contributed by atoms with Crippen molar-refractivity contribution < 1.29 is 24.2 Å². The van der Waals surface area contributed by atoms with Gasteiger partial charge >= 0.3 is 5.97 Å². The smallest absolute Gasteiger partial charge is 0.368 e. The van der Waals surface area contributed by atoms with Crippen LogP contribution in [0.15, 0.2) is 23.7 Å². The Balaban J connectivity index is 4.94. The summed E-state index contributed by atoms with van der Waals surface area (Å²) < 4.78 is 10.5. The molecule has 5 nitrogen and oxygen atoms in total. The molecule has 0 aromatic carbocycles. The van der Waals surface area contributed by atoms with Crippen molar-refractivity contribution in [3.05, 3.63) is 23.7 Å². The second-order valence-electron chi connectivity index (χ2n) is 4.40. The summed E-state index contributed by atoms with van der Waals surface area (Å²) in [7, 11) is 0. The molecule has 0 fully saturated rings. The van der Waals surface area contributed by atoms with Crippen LogP contribution in [-0.2, 0) is 19.1 Å². The first-order chi connectivity index (χ1) is 8.68. The van der Waals surface area contributed by atoms with Gasteiger partial charge < -0.3 is 14.6 Å². The molecule has 0 aromatic heterocycles. The Morgan fingerprint density at radius 1 is 1.00 bits per heavy atom. The van der Waals surface area contributed by atoms with Crippen molar-refractivity contribution in [3.63, 3.8) is 0 Å². The van der Waals surface area contributed by atoms with Crippen molar-refractivity contribution in [2.45, 2.75) is 53.4 Å². The van der Waals surface area contributed by atoms with E-state index in [1.165, 1.54) is 26.0 Å². The fourth-order valence-corrected chi connectivity index (χ4v) is 1.57. The molecule has 1 N–H and O–H groups in total. The average molecular weight is 270 g/mol. The first-order valence-corrected chi connectivity index (χ1v) is 6.16. The number of rotatable bonds is 8. The summed E-state index contributed by atoms with van der Waals surface area (Å²) in [5.41, 5.74) is 0. The molecule has 0 atom stereocenters. The second kappa shape index (κ2) is 7.74. The quantitative estimate of drug-likeness (QED) is 0.416. The molecule has 0 aromatic rings. The third-order valence-electron chi connectivity index (χ3n) is 2.02. The molecule has 0 amide bonds. The lowest BCUT2D eigenvalue weighted by Crippen LogP contribution is -2.34. The van der Waals surface area contributed by atoms with Gasteiger partial charge in [-0.1, -0.05) is 6.92 Å². The van der Waals surface area contributed by atoms with Gasteiger partial charge in [0.25, 0.3) is 0 Å². The van der Waals surface area contributed by atoms with Gasteiger partial charge in [-0.15, -0.1) is 0 Å². The predicted molar refractivity (Wildman–Crippen MR) is 70.9 cm³/mol. The molecule has 0 saturated carbocycles. The largest absolute Gasteiger partial charge is 0.435 e. The number of hydrogen-bond donors (Lipinski definition) is 1. The van der Waals surface area contributed by atoms with Crippen LogP contribution >= 0.6 is 0 Å². The summed E-state index contributed by atoms with van der Waals surface area (Å²) in [5.74, 6) is -1.75. The van der Waals surface area contributed by atoms with Crippen LogP contribution in [0.5, 0.6) is 0 Å². The Labute approximate surface area is 113 Å². The van der Waals surface area contributed by atoms with Crippen molar-refractivity contribution in [2.24, 2.45) is 0 Å². The maximum absolute atomic E-state index is 10.9. The fraction of sp³-hybridized carbons (Fsp3) is 0.571. The molecule has 0 aliphatic heterocycles. The van der Waals surface area contributed by atoms with Crippen LogP contribution in [-0.4, -0.2) is 22.6 Å². The first kappa shape index (κ1) is 17.4. The zero-order valence-corrected chi connectivity index (χ0v) is 12.1. The minimum Gasteiger partial charge on any atom is -0.435 e. The topological polar surface area (TPSA) is 72.8 Å². The van der Waals surface area contributed by atoms with Gasteiger partial charge in [-0.05, 0) is 34.1 Å². The molecule has 0 unspecified atom stereocenters. The molecule has 19 heavy (non-hydrogen) atoms. The maximum atomic E-state index is 10.9. The Morgan fingerprint density at radius 3 is 1.63 bits per heavy atom. The summed E-state index contributed by atoms with van der Waals surface area (Å²) in [6.07, 6.45) is 3.33. The van der Waals surface area contributed by atoms with E-state index in [1.807, 2.05) is 6.92 Å².